The minimum absolute atomic E-state index is 0.0523. The van der Waals surface area contributed by atoms with Crippen molar-refractivity contribution >= 4 is 5.78 Å². The van der Waals surface area contributed by atoms with Crippen molar-refractivity contribution in [3.63, 3.8) is 0 Å². The lowest BCUT2D eigenvalue weighted by molar-refractivity contribution is -0.123. The van der Waals surface area contributed by atoms with Gasteiger partial charge in [0.25, 0.3) is 0 Å². The van der Waals surface area contributed by atoms with Gasteiger partial charge in [-0.2, -0.15) is 0 Å². The van der Waals surface area contributed by atoms with E-state index < -0.39 is 0 Å². The molecule has 1 atom stereocenters. The van der Waals surface area contributed by atoms with E-state index in [1.807, 2.05) is 32.9 Å². The number of carbonyl (C=O) groups excluding carboxylic acids is 1. The molecule has 1 unspecified atom stereocenters. The molecule has 1 heterocycles. The molecule has 0 aromatic heterocycles. The number of carbonyl (C=O) groups is 1. The average molecular weight is 220 g/mol. The maximum absolute atomic E-state index is 11.9. The zero-order chi connectivity index (χ0) is 12.1. The fourth-order valence-corrected chi connectivity index (χ4v) is 1.68. The Hall–Kier alpha value is -1.51. The number of allylic oxidation sites excluding steroid dienone is 3. The molecular formula is C13H20N2O. The van der Waals surface area contributed by atoms with E-state index in [1.165, 1.54) is 0 Å². The molecule has 2 N–H and O–H groups in total. The van der Waals surface area contributed by atoms with Crippen LogP contribution in [0.15, 0.2) is 36.2 Å². The Labute approximate surface area is 97.3 Å². The van der Waals surface area contributed by atoms with Gasteiger partial charge in [0.05, 0.1) is 11.4 Å². The zero-order valence-corrected chi connectivity index (χ0v) is 10.2. The van der Waals surface area contributed by atoms with Crippen molar-refractivity contribution in [3.05, 3.63) is 36.2 Å². The van der Waals surface area contributed by atoms with Crippen LogP contribution in [0.25, 0.3) is 0 Å². The molecular weight excluding hydrogens is 200 g/mol. The van der Waals surface area contributed by atoms with E-state index in [1.54, 1.807) is 6.08 Å². The number of nitrogens with one attached hydrogen (secondary N) is 2. The van der Waals surface area contributed by atoms with Gasteiger partial charge in [-0.25, -0.2) is 0 Å². The van der Waals surface area contributed by atoms with Crippen LogP contribution >= 0.6 is 0 Å². The molecule has 3 nitrogen and oxygen atoms in total. The van der Waals surface area contributed by atoms with E-state index in [-0.39, 0.29) is 17.7 Å². The maximum Gasteiger partial charge on any atom is 0.159 e. The summed E-state index contributed by atoms with van der Waals surface area (Å²) in [5, 5.41) is 6.46. The molecule has 88 valence electrons. The lowest BCUT2D eigenvalue weighted by Gasteiger charge is -2.28. The fraction of sp³-hybridized carbons (Fsp3) is 0.462. The van der Waals surface area contributed by atoms with Gasteiger partial charge in [-0.05, 0) is 19.1 Å². The smallest absolute Gasteiger partial charge is 0.159 e. The lowest BCUT2D eigenvalue weighted by atomic mass is 9.99. The van der Waals surface area contributed by atoms with Gasteiger partial charge in [-0.3, -0.25) is 4.79 Å². The Morgan fingerprint density at radius 1 is 1.50 bits per heavy atom. The molecule has 1 aliphatic rings. The SMILES string of the molecule is C=CC1=C(/C=C\C)NC(C(=O)C(C)C)CN1. The van der Waals surface area contributed by atoms with Crippen molar-refractivity contribution in [1.29, 1.82) is 0 Å². The topological polar surface area (TPSA) is 41.1 Å². The molecule has 0 bridgehead atoms. The van der Waals surface area contributed by atoms with Crippen LogP contribution < -0.4 is 10.6 Å². The minimum atomic E-state index is -0.144. The van der Waals surface area contributed by atoms with E-state index >= 15 is 0 Å². The van der Waals surface area contributed by atoms with Crippen LogP contribution in [0.5, 0.6) is 0 Å². The number of ketones is 1. The van der Waals surface area contributed by atoms with Crippen LogP contribution in [0.4, 0.5) is 0 Å². The molecule has 0 aromatic carbocycles. The third kappa shape index (κ3) is 2.75. The first-order valence-corrected chi connectivity index (χ1v) is 5.63. The molecule has 0 aromatic rings. The van der Waals surface area contributed by atoms with E-state index in [0.717, 1.165) is 11.4 Å². The monoisotopic (exact) mass is 220 g/mol. The Morgan fingerprint density at radius 2 is 2.19 bits per heavy atom. The summed E-state index contributed by atoms with van der Waals surface area (Å²) in [4.78, 5) is 11.9. The normalized spacial score (nSPS) is 20.9. The quantitative estimate of drug-likeness (QED) is 0.758. The second-order valence-electron chi connectivity index (χ2n) is 4.17. The summed E-state index contributed by atoms with van der Waals surface area (Å²) in [6.45, 7) is 10.2. The van der Waals surface area contributed by atoms with Gasteiger partial charge in [0.2, 0.25) is 0 Å². The van der Waals surface area contributed by atoms with Crippen LogP contribution in [-0.2, 0) is 4.79 Å². The largest absolute Gasteiger partial charge is 0.381 e. The Bertz CT molecular complexity index is 340. The van der Waals surface area contributed by atoms with Gasteiger partial charge < -0.3 is 10.6 Å². The molecule has 0 amide bonds. The maximum atomic E-state index is 11.9. The molecule has 0 saturated carbocycles. The highest BCUT2D eigenvalue weighted by atomic mass is 16.1. The first-order chi connectivity index (χ1) is 7.60. The first-order valence-electron chi connectivity index (χ1n) is 5.63. The Morgan fingerprint density at radius 3 is 2.69 bits per heavy atom. The zero-order valence-electron chi connectivity index (χ0n) is 10.2. The Kier molecular flexibility index (Phi) is 4.35. The molecule has 1 rings (SSSR count). The standard InChI is InChI=1S/C13H20N2O/c1-5-7-11-10(6-2)14-8-12(15-11)13(16)9(3)4/h5-7,9,12,14-15H,2,8H2,1,3-4H3/b7-5-. The second kappa shape index (κ2) is 5.54. The summed E-state index contributed by atoms with van der Waals surface area (Å²) in [5.41, 5.74) is 1.88. The summed E-state index contributed by atoms with van der Waals surface area (Å²) >= 11 is 0. The van der Waals surface area contributed by atoms with Crippen molar-refractivity contribution in [1.82, 2.24) is 10.6 Å². The summed E-state index contributed by atoms with van der Waals surface area (Å²) in [6, 6.07) is -0.144. The van der Waals surface area contributed by atoms with E-state index in [4.69, 9.17) is 0 Å². The summed E-state index contributed by atoms with van der Waals surface area (Å²) in [6.07, 6.45) is 5.65. The van der Waals surface area contributed by atoms with E-state index in [2.05, 4.69) is 17.2 Å². The second-order valence-corrected chi connectivity index (χ2v) is 4.17. The predicted molar refractivity (Wildman–Crippen MR) is 66.8 cm³/mol. The highest BCUT2D eigenvalue weighted by Gasteiger charge is 2.24. The van der Waals surface area contributed by atoms with Crippen molar-refractivity contribution < 1.29 is 4.79 Å². The van der Waals surface area contributed by atoms with Crippen molar-refractivity contribution in [2.45, 2.75) is 26.8 Å². The molecule has 1 aliphatic heterocycles. The van der Waals surface area contributed by atoms with E-state index in [9.17, 15) is 4.79 Å². The van der Waals surface area contributed by atoms with Crippen LogP contribution in [-0.4, -0.2) is 18.4 Å². The van der Waals surface area contributed by atoms with Crippen LogP contribution in [0.3, 0.4) is 0 Å². The molecule has 0 radical (unpaired) electrons. The van der Waals surface area contributed by atoms with Crippen LogP contribution in [0.2, 0.25) is 0 Å². The fourth-order valence-electron chi connectivity index (χ4n) is 1.68. The van der Waals surface area contributed by atoms with Gasteiger partial charge >= 0.3 is 0 Å². The van der Waals surface area contributed by atoms with E-state index in [0.29, 0.717) is 6.54 Å². The van der Waals surface area contributed by atoms with Gasteiger partial charge in [-0.1, -0.05) is 26.5 Å². The Balaban J connectivity index is 2.84. The van der Waals surface area contributed by atoms with Crippen molar-refractivity contribution in [2.75, 3.05) is 6.54 Å². The summed E-state index contributed by atoms with van der Waals surface area (Å²) < 4.78 is 0. The third-order valence-corrected chi connectivity index (χ3v) is 2.57. The number of hydrogen-bond acceptors (Lipinski definition) is 3. The van der Waals surface area contributed by atoms with Crippen LogP contribution in [0, 0.1) is 5.92 Å². The average Bonchev–Trinajstić information content (AvgIpc) is 2.28. The molecule has 0 spiro atoms. The highest BCUT2D eigenvalue weighted by molar-refractivity contribution is 5.86. The molecule has 0 saturated heterocycles. The van der Waals surface area contributed by atoms with Crippen molar-refractivity contribution in [3.8, 4) is 0 Å². The minimum Gasteiger partial charge on any atom is -0.381 e. The predicted octanol–water partition coefficient (Wildman–Crippen LogP) is 1.75. The van der Waals surface area contributed by atoms with Crippen molar-refractivity contribution in [2.24, 2.45) is 5.92 Å². The highest BCUT2D eigenvalue weighted by Crippen LogP contribution is 2.11. The molecule has 16 heavy (non-hydrogen) atoms. The molecule has 0 aliphatic carbocycles. The van der Waals surface area contributed by atoms with Crippen LogP contribution in [0.1, 0.15) is 20.8 Å². The number of Topliss-reactive ketones (excluding diaryl/α,β-unsaturated/α-hetero) is 1. The first kappa shape index (κ1) is 12.6. The van der Waals surface area contributed by atoms with Gasteiger partial charge in [-0.15, -0.1) is 0 Å². The van der Waals surface area contributed by atoms with Gasteiger partial charge in [0.1, 0.15) is 6.04 Å². The summed E-state index contributed by atoms with van der Waals surface area (Å²) in [7, 11) is 0. The number of hydrogen-bond donors (Lipinski definition) is 2. The van der Waals surface area contributed by atoms with Gasteiger partial charge in [0, 0.05) is 12.5 Å². The van der Waals surface area contributed by atoms with Gasteiger partial charge in [0.15, 0.2) is 5.78 Å². The summed E-state index contributed by atoms with van der Waals surface area (Å²) in [5.74, 6) is 0.286. The number of rotatable bonds is 4. The molecule has 3 heteroatoms. The molecule has 0 fully saturated rings. The third-order valence-electron chi connectivity index (χ3n) is 2.57. The lowest BCUT2D eigenvalue weighted by Crippen LogP contribution is -2.49.